The van der Waals surface area contributed by atoms with Crippen LogP contribution in [0.4, 0.5) is 5.95 Å². The highest BCUT2D eigenvalue weighted by Crippen LogP contribution is 2.09. The molecular weight excluding hydrogens is 232 g/mol. The summed E-state index contributed by atoms with van der Waals surface area (Å²) in [6.45, 7) is 6.78. The average molecular weight is 248 g/mol. The van der Waals surface area contributed by atoms with Gasteiger partial charge in [0.25, 0.3) is 0 Å². The number of nitrogens with one attached hydrogen (secondary N) is 1. The molecule has 1 N–H and O–H groups in total. The van der Waals surface area contributed by atoms with Gasteiger partial charge in [0, 0.05) is 35.4 Å². The normalized spacial score (nSPS) is 10.5. The molecule has 0 atom stereocenters. The first-order chi connectivity index (χ1) is 8.13. The van der Waals surface area contributed by atoms with Crippen LogP contribution in [0.1, 0.15) is 22.1 Å². The molecule has 4 nitrogen and oxygen atoms in total. The van der Waals surface area contributed by atoms with Gasteiger partial charge in [0.05, 0.1) is 5.01 Å². The Morgan fingerprint density at radius 1 is 1.06 bits per heavy atom. The van der Waals surface area contributed by atoms with Crippen LogP contribution in [0.15, 0.2) is 11.4 Å². The SMILES string of the molecule is Cc1cc(C)nc(NCCc2nc(C)cs2)n1. The van der Waals surface area contributed by atoms with Crippen molar-refractivity contribution in [2.24, 2.45) is 0 Å². The maximum absolute atomic E-state index is 4.41. The number of hydrogen-bond donors (Lipinski definition) is 1. The Labute approximate surface area is 105 Å². The summed E-state index contributed by atoms with van der Waals surface area (Å²) in [7, 11) is 0. The number of aromatic nitrogens is 3. The number of hydrogen-bond acceptors (Lipinski definition) is 5. The molecule has 0 aliphatic carbocycles. The van der Waals surface area contributed by atoms with Crippen molar-refractivity contribution in [3.63, 3.8) is 0 Å². The van der Waals surface area contributed by atoms with Crippen molar-refractivity contribution in [3.8, 4) is 0 Å². The fourth-order valence-corrected chi connectivity index (χ4v) is 2.38. The molecule has 0 unspecified atom stereocenters. The molecule has 2 aromatic heterocycles. The average Bonchev–Trinajstić information content (AvgIpc) is 2.63. The van der Waals surface area contributed by atoms with Crippen LogP contribution in [0, 0.1) is 20.8 Å². The van der Waals surface area contributed by atoms with Gasteiger partial charge in [0.15, 0.2) is 0 Å². The molecule has 0 spiro atoms. The van der Waals surface area contributed by atoms with Crippen molar-refractivity contribution in [1.29, 1.82) is 0 Å². The lowest BCUT2D eigenvalue weighted by Gasteiger charge is -2.05. The molecule has 5 heteroatoms. The van der Waals surface area contributed by atoms with Gasteiger partial charge in [-0.25, -0.2) is 15.0 Å². The highest BCUT2D eigenvalue weighted by Gasteiger charge is 2.01. The van der Waals surface area contributed by atoms with Gasteiger partial charge in [0.2, 0.25) is 5.95 Å². The third-order valence-electron chi connectivity index (χ3n) is 2.27. The smallest absolute Gasteiger partial charge is 0.223 e. The molecule has 0 aliphatic heterocycles. The second-order valence-electron chi connectivity index (χ2n) is 4.03. The highest BCUT2D eigenvalue weighted by atomic mass is 32.1. The van der Waals surface area contributed by atoms with Crippen LogP contribution in [0.2, 0.25) is 0 Å². The van der Waals surface area contributed by atoms with Gasteiger partial charge in [0.1, 0.15) is 0 Å². The van der Waals surface area contributed by atoms with E-state index < -0.39 is 0 Å². The van der Waals surface area contributed by atoms with Crippen molar-refractivity contribution < 1.29 is 0 Å². The van der Waals surface area contributed by atoms with Crippen molar-refractivity contribution in [2.75, 3.05) is 11.9 Å². The Hall–Kier alpha value is -1.49. The number of rotatable bonds is 4. The Kier molecular flexibility index (Phi) is 3.68. The van der Waals surface area contributed by atoms with E-state index in [1.165, 1.54) is 0 Å². The highest BCUT2D eigenvalue weighted by molar-refractivity contribution is 7.09. The topological polar surface area (TPSA) is 50.7 Å². The molecule has 0 aliphatic rings. The zero-order valence-corrected chi connectivity index (χ0v) is 11.1. The van der Waals surface area contributed by atoms with Crippen LogP contribution in [-0.4, -0.2) is 21.5 Å². The van der Waals surface area contributed by atoms with E-state index in [9.17, 15) is 0 Å². The van der Waals surface area contributed by atoms with Gasteiger partial charge < -0.3 is 5.32 Å². The summed E-state index contributed by atoms with van der Waals surface area (Å²) in [4.78, 5) is 13.1. The van der Waals surface area contributed by atoms with Gasteiger partial charge >= 0.3 is 0 Å². The van der Waals surface area contributed by atoms with Gasteiger partial charge in [-0.05, 0) is 26.8 Å². The molecule has 0 aromatic carbocycles. The number of anilines is 1. The Morgan fingerprint density at radius 3 is 2.35 bits per heavy atom. The van der Waals surface area contributed by atoms with Crippen molar-refractivity contribution >= 4 is 17.3 Å². The van der Waals surface area contributed by atoms with Gasteiger partial charge in [-0.1, -0.05) is 0 Å². The van der Waals surface area contributed by atoms with Crippen LogP contribution in [-0.2, 0) is 6.42 Å². The lowest BCUT2D eigenvalue weighted by Crippen LogP contribution is -2.09. The predicted octanol–water partition coefficient (Wildman–Crippen LogP) is 2.51. The molecular formula is C12H16N4S. The molecule has 0 amide bonds. The van der Waals surface area contributed by atoms with Crippen molar-refractivity contribution in [1.82, 2.24) is 15.0 Å². The Bertz CT molecular complexity index is 487. The van der Waals surface area contributed by atoms with Gasteiger partial charge in [-0.3, -0.25) is 0 Å². The van der Waals surface area contributed by atoms with E-state index in [1.54, 1.807) is 11.3 Å². The van der Waals surface area contributed by atoms with Crippen molar-refractivity contribution in [3.05, 3.63) is 33.5 Å². The largest absolute Gasteiger partial charge is 0.354 e. The third-order valence-corrected chi connectivity index (χ3v) is 3.30. The Morgan fingerprint density at radius 2 is 1.76 bits per heavy atom. The lowest BCUT2D eigenvalue weighted by molar-refractivity contribution is 0.947. The van der Waals surface area contributed by atoms with E-state index in [0.717, 1.165) is 35.1 Å². The second-order valence-corrected chi connectivity index (χ2v) is 4.98. The van der Waals surface area contributed by atoms with Crippen LogP contribution >= 0.6 is 11.3 Å². The molecule has 2 heterocycles. The third kappa shape index (κ3) is 3.49. The Balaban J connectivity index is 1.89. The zero-order valence-electron chi connectivity index (χ0n) is 10.3. The fourth-order valence-electron chi connectivity index (χ4n) is 1.60. The molecule has 0 saturated heterocycles. The summed E-state index contributed by atoms with van der Waals surface area (Å²) in [5.41, 5.74) is 3.07. The zero-order chi connectivity index (χ0) is 12.3. The van der Waals surface area contributed by atoms with Crippen molar-refractivity contribution in [2.45, 2.75) is 27.2 Å². The van der Waals surface area contributed by atoms with Gasteiger partial charge in [-0.15, -0.1) is 11.3 Å². The lowest BCUT2D eigenvalue weighted by atomic mass is 10.3. The van der Waals surface area contributed by atoms with E-state index in [-0.39, 0.29) is 0 Å². The first-order valence-electron chi connectivity index (χ1n) is 5.60. The van der Waals surface area contributed by atoms with Gasteiger partial charge in [-0.2, -0.15) is 0 Å². The molecule has 2 aromatic rings. The van der Waals surface area contributed by atoms with Crippen LogP contribution in [0.5, 0.6) is 0 Å². The first kappa shape index (κ1) is 12.0. The van der Waals surface area contributed by atoms with Crippen LogP contribution in [0.3, 0.4) is 0 Å². The minimum absolute atomic E-state index is 0.704. The summed E-state index contributed by atoms with van der Waals surface area (Å²) in [6.07, 6.45) is 0.912. The van der Waals surface area contributed by atoms with E-state index in [1.807, 2.05) is 26.8 Å². The first-order valence-corrected chi connectivity index (χ1v) is 6.48. The van der Waals surface area contributed by atoms with E-state index in [0.29, 0.717) is 5.95 Å². The number of nitrogens with zero attached hydrogens (tertiary/aromatic N) is 3. The monoisotopic (exact) mass is 248 g/mol. The summed E-state index contributed by atoms with van der Waals surface area (Å²) < 4.78 is 0. The second kappa shape index (κ2) is 5.23. The molecule has 90 valence electrons. The molecule has 2 rings (SSSR count). The predicted molar refractivity (Wildman–Crippen MR) is 70.6 cm³/mol. The number of thiazole rings is 1. The maximum Gasteiger partial charge on any atom is 0.223 e. The summed E-state index contributed by atoms with van der Waals surface area (Å²) in [5, 5.41) is 6.45. The maximum atomic E-state index is 4.41. The molecule has 0 fully saturated rings. The van der Waals surface area contributed by atoms with Crippen LogP contribution in [0.25, 0.3) is 0 Å². The fraction of sp³-hybridized carbons (Fsp3) is 0.417. The molecule has 0 radical (unpaired) electrons. The molecule has 0 bridgehead atoms. The van der Waals surface area contributed by atoms with E-state index in [2.05, 4.69) is 25.6 Å². The quantitative estimate of drug-likeness (QED) is 0.903. The van der Waals surface area contributed by atoms with E-state index in [4.69, 9.17) is 0 Å². The molecule has 17 heavy (non-hydrogen) atoms. The summed E-state index contributed by atoms with van der Waals surface area (Å²) in [6, 6.07) is 1.97. The minimum Gasteiger partial charge on any atom is -0.354 e. The number of aryl methyl sites for hydroxylation is 3. The summed E-state index contributed by atoms with van der Waals surface area (Å²) >= 11 is 1.70. The molecule has 0 saturated carbocycles. The standard InChI is InChI=1S/C12H16N4S/c1-8-6-9(2)16-12(15-8)13-5-4-11-14-10(3)7-17-11/h6-7H,4-5H2,1-3H3,(H,13,15,16). The van der Waals surface area contributed by atoms with Crippen LogP contribution < -0.4 is 5.32 Å². The van der Waals surface area contributed by atoms with E-state index >= 15 is 0 Å². The summed E-state index contributed by atoms with van der Waals surface area (Å²) in [5.74, 6) is 0.704. The minimum atomic E-state index is 0.704.